The van der Waals surface area contributed by atoms with Gasteiger partial charge in [-0.1, -0.05) is 24.3 Å². The number of aliphatic hydroxyl groups excluding tert-OH is 1. The molecule has 0 saturated carbocycles. The molecule has 1 fully saturated rings. The van der Waals surface area contributed by atoms with Crippen LogP contribution < -0.4 is 5.32 Å². The highest BCUT2D eigenvalue weighted by atomic mass is 32.1. The first-order valence-corrected chi connectivity index (χ1v) is 11.6. The lowest BCUT2D eigenvalue weighted by molar-refractivity contribution is -0.122. The number of ketones is 1. The second-order valence-corrected chi connectivity index (χ2v) is 9.04. The lowest BCUT2D eigenvalue weighted by Gasteiger charge is -2.23. The molecule has 2 N–H and O–H groups in total. The molecule has 0 spiro atoms. The quantitative estimate of drug-likeness (QED) is 0.589. The van der Waals surface area contributed by atoms with Crippen LogP contribution in [0, 0.1) is 6.92 Å². The number of likely N-dealkylation sites (tertiary alicyclic amines) is 1. The van der Waals surface area contributed by atoms with Crippen molar-refractivity contribution >= 4 is 34.4 Å². The van der Waals surface area contributed by atoms with Crippen LogP contribution in [-0.4, -0.2) is 51.9 Å². The second kappa shape index (κ2) is 9.18. The van der Waals surface area contributed by atoms with Crippen LogP contribution in [-0.2, 0) is 11.3 Å². The van der Waals surface area contributed by atoms with Crippen LogP contribution in [0.5, 0.6) is 0 Å². The third-order valence-corrected chi connectivity index (χ3v) is 6.93. The SMILES string of the molecule is Cc1ncsc1-c1ccc(CNCC(=O)[C@@H]2C[C@@H](O)CN2C(=O)c2ccsc2)cc1. The summed E-state index contributed by atoms with van der Waals surface area (Å²) in [7, 11) is 0. The molecule has 1 aliphatic rings. The van der Waals surface area contributed by atoms with Crippen molar-refractivity contribution in [3.05, 3.63) is 63.4 Å². The van der Waals surface area contributed by atoms with Gasteiger partial charge in [0.2, 0.25) is 0 Å². The van der Waals surface area contributed by atoms with Crippen molar-refractivity contribution in [1.29, 1.82) is 0 Å². The molecule has 1 saturated heterocycles. The van der Waals surface area contributed by atoms with Gasteiger partial charge in [0.05, 0.1) is 40.3 Å². The van der Waals surface area contributed by atoms with Gasteiger partial charge >= 0.3 is 0 Å². The van der Waals surface area contributed by atoms with Crippen molar-refractivity contribution in [3.8, 4) is 10.4 Å². The maximum absolute atomic E-state index is 12.7. The number of amides is 1. The molecule has 1 amide bonds. The fourth-order valence-corrected chi connectivity index (χ4v) is 5.14. The van der Waals surface area contributed by atoms with E-state index >= 15 is 0 Å². The topological polar surface area (TPSA) is 82.5 Å². The van der Waals surface area contributed by atoms with Crippen LogP contribution in [0.1, 0.15) is 28.0 Å². The highest BCUT2D eigenvalue weighted by Gasteiger charge is 2.38. The molecule has 4 rings (SSSR count). The lowest BCUT2D eigenvalue weighted by Crippen LogP contribution is -2.43. The van der Waals surface area contributed by atoms with E-state index in [0.717, 1.165) is 16.8 Å². The first-order chi connectivity index (χ1) is 14.5. The molecule has 0 unspecified atom stereocenters. The Hall–Kier alpha value is -2.39. The molecule has 3 aromatic rings. The normalized spacial score (nSPS) is 18.7. The number of thiazole rings is 1. The molecular weight excluding hydrogens is 418 g/mol. The van der Waals surface area contributed by atoms with Crippen LogP contribution in [0.3, 0.4) is 0 Å². The number of nitrogens with zero attached hydrogens (tertiary/aromatic N) is 2. The Morgan fingerprint density at radius 3 is 2.73 bits per heavy atom. The van der Waals surface area contributed by atoms with Crippen LogP contribution in [0.4, 0.5) is 0 Å². The fraction of sp³-hybridized carbons (Fsp3) is 0.318. The van der Waals surface area contributed by atoms with Crippen LogP contribution >= 0.6 is 22.7 Å². The molecule has 8 heteroatoms. The Morgan fingerprint density at radius 2 is 2.07 bits per heavy atom. The minimum Gasteiger partial charge on any atom is -0.391 e. The zero-order chi connectivity index (χ0) is 21.1. The van der Waals surface area contributed by atoms with Gasteiger partial charge in [0.25, 0.3) is 5.91 Å². The number of carbonyl (C=O) groups excluding carboxylic acids is 2. The Labute approximate surface area is 183 Å². The molecule has 2 aromatic heterocycles. The summed E-state index contributed by atoms with van der Waals surface area (Å²) in [5, 5.41) is 16.8. The van der Waals surface area contributed by atoms with E-state index in [-0.39, 0.29) is 24.8 Å². The number of aliphatic hydroxyl groups is 1. The molecule has 2 atom stereocenters. The van der Waals surface area contributed by atoms with E-state index in [2.05, 4.69) is 22.4 Å². The summed E-state index contributed by atoms with van der Waals surface area (Å²) in [5.74, 6) is -0.271. The minimum absolute atomic E-state index is 0.0768. The van der Waals surface area contributed by atoms with Gasteiger partial charge in [-0.2, -0.15) is 11.3 Å². The second-order valence-electron chi connectivity index (χ2n) is 7.41. The van der Waals surface area contributed by atoms with Gasteiger partial charge in [-0.05, 0) is 29.5 Å². The summed E-state index contributed by atoms with van der Waals surface area (Å²) in [6.07, 6.45) is -0.372. The Kier molecular flexibility index (Phi) is 6.38. The Morgan fingerprint density at radius 1 is 1.27 bits per heavy atom. The lowest BCUT2D eigenvalue weighted by atomic mass is 10.1. The van der Waals surface area contributed by atoms with Gasteiger partial charge in [-0.3, -0.25) is 9.59 Å². The number of hydrogen-bond donors (Lipinski definition) is 2. The number of carbonyl (C=O) groups is 2. The highest BCUT2D eigenvalue weighted by molar-refractivity contribution is 7.13. The van der Waals surface area contributed by atoms with Gasteiger partial charge < -0.3 is 15.3 Å². The van der Waals surface area contributed by atoms with Crippen molar-refractivity contribution < 1.29 is 14.7 Å². The zero-order valence-electron chi connectivity index (χ0n) is 16.6. The van der Waals surface area contributed by atoms with E-state index in [1.165, 1.54) is 21.1 Å². The predicted molar refractivity (Wildman–Crippen MR) is 119 cm³/mol. The average molecular weight is 442 g/mol. The van der Waals surface area contributed by atoms with Gasteiger partial charge in [0.1, 0.15) is 0 Å². The number of β-amino-alcohol motifs (C(OH)–C–C–N with tert-alkyl or cyclic N) is 1. The number of benzene rings is 1. The predicted octanol–water partition coefficient (Wildman–Crippen LogP) is 3.11. The first-order valence-electron chi connectivity index (χ1n) is 9.77. The van der Waals surface area contributed by atoms with Gasteiger partial charge in [-0.15, -0.1) is 11.3 Å². The van der Waals surface area contributed by atoms with Gasteiger partial charge in [0, 0.05) is 24.9 Å². The van der Waals surface area contributed by atoms with Gasteiger partial charge in [0.15, 0.2) is 5.78 Å². The largest absolute Gasteiger partial charge is 0.391 e. The number of aromatic nitrogens is 1. The third kappa shape index (κ3) is 4.52. The average Bonchev–Trinajstić information content (AvgIpc) is 3.49. The fourth-order valence-electron chi connectivity index (χ4n) is 3.70. The molecule has 1 aliphatic heterocycles. The number of rotatable bonds is 7. The number of hydrogen-bond acceptors (Lipinski definition) is 7. The van der Waals surface area contributed by atoms with E-state index in [1.807, 2.05) is 29.9 Å². The first kappa shape index (κ1) is 20.9. The molecule has 30 heavy (non-hydrogen) atoms. The van der Waals surface area contributed by atoms with Crippen molar-refractivity contribution in [2.45, 2.75) is 32.0 Å². The van der Waals surface area contributed by atoms with Crippen LogP contribution in [0.2, 0.25) is 0 Å². The van der Waals surface area contributed by atoms with E-state index in [9.17, 15) is 14.7 Å². The summed E-state index contributed by atoms with van der Waals surface area (Å²) >= 11 is 3.06. The monoisotopic (exact) mass is 441 g/mol. The van der Waals surface area contributed by atoms with Crippen LogP contribution in [0.25, 0.3) is 10.4 Å². The molecule has 6 nitrogen and oxygen atoms in total. The summed E-state index contributed by atoms with van der Waals surface area (Å²) in [6.45, 7) is 2.91. The summed E-state index contributed by atoms with van der Waals surface area (Å²) in [4.78, 5) is 32.4. The Balaban J connectivity index is 1.33. The molecule has 0 radical (unpaired) electrons. The highest BCUT2D eigenvalue weighted by Crippen LogP contribution is 2.27. The minimum atomic E-state index is -0.663. The van der Waals surface area contributed by atoms with Crippen molar-refractivity contribution in [2.24, 2.45) is 0 Å². The van der Waals surface area contributed by atoms with E-state index < -0.39 is 12.1 Å². The molecule has 0 aliphatic carbocycles. The molecule has 0 bridgehead atoms. The third-order valence-electron chi connectivity index (χ3n) is 5.27. The standard InChI is InChI=1S/C22H23N3O3S2/c1-14-21(30-13-24-14)16-4-2-15(3-5-16)9-23-10-20(27)19-8-18(26)11-25(19)22(28)17-6-7-29-12-17/h2-7,12-13,18-19,23,26H,8-11H2,1H3/t18-,19+/m1/s1. The molecule has 156 valence electrons. The smallest absolute Gasteiger partial charge is 0.255 e. The summed E-state index contributed by atoms with van der Waals surface area (Å²) in [5.41, 5.74) is 5.65. The number of thiophene rings is 1. The van der Waals surface area contributed by atoms with Crippen molar-refractivity contribution in [2.75, 3.05) is 13.1 Å². The molecular formula is C22H23N3O3S2. The van der Waals surface area contributed by atoms with Gasteiger partial charge in [-0.25, -0.2) is 4.98 Å². The zero-order valence-corrected chi connectivity index (χ0v) is 18.2. The summed E-state index contributed by atoms with van der Waals surface area (Å²) < 4.78 is 0. The molecule has 3 heterocycles. The van der Waals surface area contributed by atoms with Crippen molar-refractivity contribution in [3.63, 3.8) is 0 Å². The maximum atomic E-state index is 12.7. The maximum Gasteiger partial charge on any atom is 0.255 e. The summed E-state index contributed by atoms with van der Waals surface area (Å²) in [6, 6.07) is 9.36. The van der Waals surface area contributed by atoms with Crippen LogP contribution in [0.15, 0.2) is 46.6 Å². The number of aryl methyl sites for hydroxylation is 1. The van der Waals surface area contributed by atoms with Crippen molar-refractivity contribution in [1.82, 2.24) is 15.2 Å². The Bertz CT molecular complexity index is 1010. The van der Waals surface area contributed by atoms with E-state index in [1.54, 1.807) is 22.8 Å². The molecule has 1 aromatic carbocycles. The van der Waals surface area contributed by atoms with E-state index in [4.69, 9.17) is 0 Å². The number of Topliss-reactive ketones (excluding diaryl/α,β-unsaturated/α-hetero) is 1. The number of nitrogens with one attached hydrogen (secondary N) is 1. The van der Waals surface area contributed by atoms with E-state index in [0.29, 0.717) is 18.5 Å².